The van der Waals surface area contributed by atoms with E-state index in [-0.39, 0.29) is 5.54 Å². The monoisotopic (exact) mass is 589 g/mol. The van der Waals surface area contributed by atoms with Gasteiger partial charge in [0.2, 0.25) is 0 Å². The number of halogens is 3. The molecule has 1 atom stereocenters. The number of nitrogens with one attached hydrogen (secondary N) is 1. The average Bonchev–Trinajstić information content (AvgIpc) is 3.09. The van der Waals surface area contributed by atoms with Crippen LogP contribution in [0.4, 0.5) is 0 Å². The third-order valence-electron chi connectivity index (χ3n) is 3.30. The van der Waals surface area contributed by atoms with Gasteiger partial charge in [-0.3, -0.25) is 0 Å². The molecule has 0 spiro atoms. The number of hydrogen-bond donors (Lipinski definition) is 0. The van der Waals surface area contributed by atoms with Crippen LogP contribution >= 0.6 is 44.7 Å². The summed E-state index contributed by atoms with van der Waals surface area (Å²) in [4.78, 5) is 2.71. The van der Waals surface area contributed by atoms with E-state index in [0.717, 1.165) is 14.0 Å². The van der Waals surface area contributed by atoms with Crippen molar-refractivity contribution in [1.82, 2.24) is 0 Å². The molecule has 2 radical (unpaired) electrons. The Morgan fingerprint density at radius 3 is 2.21 bits per heavy atom. The number of benzene rings is 2. The third-order valence-corrected chi connectivity index (χ3v) is 4.92. The van der Waals surface area contributed by atoms with Crippen molar-refractivity contribution in [3.8, 4) is 0 Å². The van der Waals surface area contributed by atoms with Crippen LogP contribution in [0.2, 0.25) is 13.1 Å². The molecule has 1 nitrogen and oxygen atoms in total. The van der Waals surface area contributed by atoms with Gasteiger partial charge in [-0.05, 0) is 23.6 Å². The summed E-state index contributed by atoms with van der Waals surface area (Å²) in [6, 6.07) is 15.1. The molecule has 4 rings (SSSR count). The van der Waals surface area contributed by atoms with E-state index in [1.54, 1.807) is 0 Å². The Morgan fingerprint density at radius 1 is 1.11 bits per heavy atom. The Kier molecular flexibility index (Phi) is 12.5. The van der Waals surface area contributed by atoms with Gasteiger partial charge in [-0.1, -0.05) is 66.8 Å². The van der Waals surface area contributed by atoms with Crippen molar-refractivity contribution in [2.45, 2.75) is 50.2 Å². The first kappa shape index (κ1) is 26.7. The molecule has 148 valence electrons. The van der Waals surface area contributed by atoms with E-state index in [1.165, 1.54) is 26.5 Å². The number of hydrogen-bond acceptors (Lipinski definition) is 1. The van der Waals surface area contributed by atoms with Crippen LogP contribution < -0.4 is 0 Å². The normalized spacial score (nSPS) is 15.0. The van der Waals surface area contributed by atoms with Crippen LogP contribution in [0.15, 0.2) is 56.7 Å². The standard InChI is InChI=1S/C15H8BrS.C4H10N.C2H6Si.2ClH.Zr/c16-10-5-6-12-13(8-10)17-14-7-9-3-1-2-4-11(9)15(12)14;1-4(2,3)5;1-3-2;;;/h1-6,8,15H;5H,1-3H3;1-2H3;2*1H;/q2*-1;;;;+4/p-2. The fourth-order valence-corrected chi connectivity index (χ4v) is 4.33. The fourth-order valence-electron chi connectivity index (χ4n) is 2.56. The number of fused-ring (bicyclic) bond motifs is 5. The minimum atomic E-state index is -0.826. The Hall–Kier alpha value is 0.650. The zero-order valence-electron chi connectivity index (χ0n) is 16.7. The van der Waals surface area contributed by atoms with E-state index in [2.05, 4.69) is 77.6 Å². The number of rotatable bonds is 0. The van der Waals surface area contributed by atoms with E-state index in [0.29, 0.717) is 5.92 Å². The summed E-state index contributed by atoms with van der Waals surface area (Å²) in [5.74, 6) is 0.430. The van der Waals surface area contributed by atoms with E-state index in [9.17, 15) is 0 Å². The quantitative estimate of drug-likeness (QED) is 0.222. The topological polar surface area (TPSA) is 23.8 Å². The zero-order valence-corrected chi connectivity index (χ0v) is 24.0. The van der Waals surface area contributed by atoms with Crippen LogP contribution in [0, 0.1) is 6.08 Å². The van der Waals surface area contributed by atoms with Gasteiger partial charge < -0.3 is 5.73 Å². The molecule has 7 heteroatoms. The summed E-state index contributed by atoms with van der Waals surface area (Å²) in [6.45, 7) is 9.87. The Balaban J connectivity index is 0.000000301. The minimum absolute atomic E-state index is 0.250. The summed E-state index contributed by atoms with van der Waals surface area (Å²) in [7, 11) is 11.0. The molecule has 0 saturated carbocycles. The third kappa shape index (κ3) is 8.79. The van der Waals surface area contributed by atoms with Gasteiger partial charge in [0.25, 0.3) is 0 Å². The molecule has 0 bridgehead atoms. The maximum absolute atomic E-state index is 6.94. The van der Waals surface area contributed by atoms with E-state index < -0.39 is 20.8 Å². The molecule has 1 N–H and O–H groups in total. The van der Waals surface area contributed by atoms with Crippen molar-refractivity contribution in [2.24, 2.45) is 0 Å². The Morgan fingerprint density at radius 2 is 1.64 bits per heavy atom. The molecule has 0 fully saturated rings. The van der Waals surface area contributed by atoms with Crippen molar-refractivity contribution >= 4 is 54.2 Å². The number of allylic oxidation sites excluding steroid dienone is 1. The van der Waals surface area contributed by atoms with Gasteiger partial charge in [-0.2, -0.15) is 17.7 Å². The molecular weight excluding hydrogens is 568 g/mol. The molecule has 0 saturated heterocycles. The predicted molar refractivity (Wildman–Crippen MR) is 127 cm³/mol. The van der Waals surface area contributed by atoms with Crippen molar-refractivity contribution in [1.29, 1.82) is 0 Å². The summed E-state index contributed by atoms with van der Waals surface area (Å²) < 4.78 is 1.15. The van der Waals surface area contributed by atoms with Crippen LogP contribution in [0.1, 0.15) is 43.4 Å². The van der Waals surface area contributed by atoms with Gasteiger partial charge in [-0.15, -0.1) is 35.0 Å². The second-order valence-electron chi connectivity index (χ2n) is 7.12. The Labute approximate surface area is 203 Å². The molecule has 2 aromatic carbocycles. The molecule has 1 unspecified atom stereocenters. The molecule has 0 amide bonds. The molecule has 1 aliphatic carbocycles. The number of thioether (sulfide) groups is 1. The molecule has 2 aromatic rings. The van der Waals surface area contributed by atoms with Crippen molar-refractivity contribution < 1.29 is 20.8 Å². The van der Waals surface area contributed by atoms with Gasteiger partial charge in [0, 0.05) is 18.9 Å². The molecule has 1 heterocycles. The first-order valence-electron chi connectivity index (χ1n) is 8.66. The maximum atomic E-state index is 6.94. The van der Waals surface area contributed by atoms with E-state index in [4.69, 9.17) is 22.8 Å². The van der Waals surface area contributed by atoms with Crippen LogP contribution in [0.3, 0.4) is 0 Å². The first-order valence-corrected chi connectivity index (χ1v) is 18.6. The van der Waals surface area contributed by atoms with Crippen molar-refractivity contribution in [2.75, 3.05) is 0 Å². The van der Waals surface area contributed by atoms with Crippen LogP contribution in [0.5, 0.6) is 0 Å². The summed E-state index contributed by atoms with van der Waals surface area (Å²) >= 11 is 4.56. The van der Waals surface area contributed by atoms with Gasteiger partial charge in [0.15, 0.2) is 0 Å². The van der Waals surface area contributed by atoms with Crippen LogP contribution in [-0.4, -0.2) is 15.1 Å². The Bertz CT molecular complexity index is 788. The van der Waals surface area contributed by atoms with Gasteiger partial charge in [0.05, 0.1) is 0 Å². The second kappa shape index (κ2) is 13.1. The second-order valence-corrected chi connectivity index (χ2v) is 13.8. The van der Waals surface area contributed by atoms with Gasteiger partial charge in [0.1, 0.15) is 0 Å². The molecule has 0 aromatic heterocycles. The van der Waals surface area contributed by atoms with Gasteiger partial charge >= 0.3 is 37.9 Å². The summed E-state index contributed by atoms with van der Waals surface area (Å²) in [5, 5.41) is 0. The van der Waals surface area contributed by atoms with E-state index >= 15 is 0 Å². The molecule has 28 heavy (non-hydrogen) atoms. The van der Waals surface area contributed by atoms with Crippen molar-refractivity contribution in [3.63, 3.8) is 0 Å². The fraction of sp³-hybridized carbons (Fsp3) is 0.333. The molecule has 1 aliphatic heterocycles. The molecular formula is C21H24BrCl2NSSiZr. The molecule has 2 aliphatic rings. The predicted octanol–water partition coefficient (Wildman–Crippen LogP) is 8.74. The first-order chi connectivity index (χ1) is 13.2. The zero-order chi connectivity index (χ0) is 21.3. The van der Waals surface area contributed by atoms with E-state index in [1.807, 2.05) is 32.5 Å². The van der Waals surface area contributed by atoms with Crippen LogP contribution in [-0.2, 0) is 20.8 Å². The SMILES string of the molecule is Brc1ccc2c(c1)SC1=[C-]c3ccccc3C12.CC(C)(C)[NH-].C[Si]C.[Cl][Zr+2][Cl]. The summed E-state index contributed by atoms with van der Waals surface area (Å²) in [6.07, 6.45) is 3.53. The average molecular weight is 593 g/mol. The summed E-state index contributed by atoms with van der Waals surface area (Å²) in [5.41, 5.74) is 10.8. The van der Waals surface area contributed by atoms with Gasteiger partial charge in [-0.25, -0.2) is 0 Å². The van der Waals surface area contributed by atoms with Crippen molar-refractivity contribution in [3.05, 3.63) is 80.3 Å². The van der Waals surface area contributed by atoms with Crippen LogP contribution in [0.25, 0.3) is 5.73 Å².